The van der Waals surface area contributed by atoms with Crippen LogP contribution >= 0.6 is 0 Å². The molecule has 8 nitrogen and oxygen atoms in total. The van der Waals surface area contributed by atoms with Crippen molar-refractivity contribution in [3.8, 4) is 0 Å². The van der Waals surface area contributed by atoms with Crippen molar-refractivity contribution in [3.05, 3.63) is 35.4 Å². The maximum Gasteiger partial charge on any atom is 0.337 e. The molecule has 0 spiro atoms. The van der Waals surface area contributed by atoms with Crippen molar-refractivity contribution in [1.29, 1.82) is 0 Å². The van der Waals surface area contributed by atoms with Gasteiger partial charge in [-0.3, -0.25) is 15.0 Å². The van der Waals surface area contributed by atoms with Crippen LogP contribution in [-0.4, -0.2) is 54.3 Å². The molecule has 2 N–H and O–H groups in total. The van der Waals surface area contributed by atoms with Gasteiger partial charge in [-0.15, -0.1) is 0 Å². The van der Waals surface area contributed by atoms with E-state index in [1.54, 1.807) is 45.0 Å². The summed E-state index contributed by atoms with van der Waals surface area (Å²) in [6.07, 6.45) is -0.441. The van der Waals surface area contributed by atoms with Crippen LogP contribution in [0.5, 0.6) is 0 Å². The zero-order chi connectivity index (χ0) is 21.1. The second kappa shape index (κ2) is 8.28. The Kier molecular flexibility index (Phi) is 6.46. The number of aliphatic hydroxyl groups excluding tert-OH is 1. The summed E-state index contributed by atoms with van der Waals surface area (Å²) in [4.78, 5) is 37.3. The van der Waals surface area contributed by atoms with E-state index in [0.717, 1.165) is 0 Å². The van der Waals surface area contributed by atoms with Gasteiger partial charge in [0.05, 0.1) is 19.3 Å². The maximum atomic E-state index is 13.3. The fourth-order valence-corrected chi connectivity index (χ4v) is 3.43. The topological polar surface area (TPSA) is 105 Å². The zero-order valence-electron chi connectivity index (χ0n) is 16.9. The maximum absolute atomic E-state index is 13.3. The lowest BCUT2D eigenvalue weighted by Gasteiger charge is -2.45. The molecule has 2 amide bonds. The normalized spacial score (nSPS) is 21.9. The first kappa shape index (κ1) is 21.8. The molecule has 2 atom stereocenters. The molecule has 28 heavy (non-hydrogen) atoms. The Balaban J connectivity index is 2.70. The van der Waals surface area contributed by atoms with Gasteiger partial charge >= 0.3 is 5.97 Å². The van der Waals surface area contributed by atoms with Gasteiger partial charge in [-0.2, -0.15) is 0 Å². The molecule has 2 unspecified atom stereocenters. The molecule has 0 radical (unpaired) electrons. The van der Waals surface area contributed by atoms with E-state index in [0.29, 0.717) is 17.5 Å². The lowest BCUT2D eigenvalue weighted by atomic mass is 9.80. The summed E-state index contributed by atoms with van der Waals surface area (Å²) < 4.78 is 10.5. The molecule has 0 saturated carbocycles. The summed E-state index contributed by atoms with van der Waals surface area (Å²) >= 11 is 0. The van der Waals surface area contributed by atoms with Crippen molar-refractivity contribution < 1.29 is 29.0 Å². The van der Waals surface area contributed by atoms with Gasteiger partial charge in [0.15, 0.2) is 0 Å². The highest BCUT2D eigenvalue weighted by molar-refractivity contribution is 5.90. The Morgan fingerprint density at radius 2 is 2.04 bits per heavy atom. The number of amides is 2. The number of benzene rings is 1. The lowest BCUT2D eigenvalue weighted by Crippen LogP contribution is -2.64. The molecule has 0 aliphatic carbocycles. The second-order valence-corrected chi connectivity index (χ2v) is 7.85. The number of nitrogens with one attached hydrogen (secondary N) is 1. The monoisotopic (exact) mass is 392 g/mol. The predicted molar refractivity (Wildman–Crippen MR) is 101 cm³/mol. The summed E-state index contributed by atoms with van der Waals surface area (Å²) in [5.74, 6) is -1.29. The third-order valence-corrected chi connectivity index (χ3v) is 4.80. The van der Waals surface area contributed by atoms with Gasteiger partial charge in [0.25, 0.3) is 0 Å². The van der Waals surface area contributed by atoms with E-state index in [1.165, 1.54) is 19.0 Å². The summed E-state index contributed by atoms with van der Waals surface area (Å²) in [5, 5.41) is 11.3. The van der Waals surface area contributed by atoms with Crippen LogP contribution in [0, 0.1) is 5.41 Å². The molecule has 0 aromatic heterocycles. The highest BCUT2D eigenvalue weighted by Gasteiger charge is 2.54. The molecule has 1 heterocycles. The number of aliphatic hydroxyl groups is 1. The number of nitrogens with zero attached hydrogens (tertiary/aromatic N) is 1. The Hall–Kier alpha value is -2.45. The number of hydrogen-bond acceptors (Lipinski definition) is 6. The van der Waals surface area contributed by atoms with Crippen molar-refractivity contribution in [2.75, 3.05) is 20.3 Å². The molecule has 1 aromatic rings. The lowest BCUT2D eigenvalue weighted by molar-refractivity contribution is -0.162. The smallest absolute Gasteiger partial charge is 0.337 e. The van der Waals surface area contributed by atoms with Crippen molar-refractivity contribution in [1.82, 2.24) is 10.4 Å². The van der Waals surface area contributed by atoms with Gasteiger partial charge in [-0.1, -0.05) is 32.9 Å². The minimum absolute atomic E-state index is 0.279. The number of esters is 1. The van der Waals surface area contributed by atoms with Gasteiger partial charge in [-0.25, -0.2) is 9.80 Å². The van der Waals surface area contributed by atoms with Gasteiger partial charge in [0.2, 0.25) is 11.8 Å². The SMILES string of the molecule is COC(=O)c1cccc(C2(N(NC(C)=O)C(=O)C(C)(C)C)CCOC2CO)c1. The highest BCUT2D eigenvalue weighted by Crippen LogP contribution is 2.43. The van der Waals surface area contributed by atoms with E-state index in [1.807, 2.05) is 0 Å². The molecule has 1 aliphatic heterocycles. The second-order valence-electron chi connectivity index (χ2n) is 7.85. The average Bonchev–Trinajstić information content (AvgIpc) is 3.08. The van der Waals surface area contributed by atoms with Crippen LogP contribution in [0.15, 0.2) is 24.3 Å². The fraction of sp³-hybridized carbons (Fsp3) is 0.550. The highest BCUT2D eigenvalue weighted by atomic mass is 16.5. The standard InChI is InChI=1S/C20H28N2O6/c1-13(24)21-22(18(26)19(2,3)4)20(9-10-28-16(20)12-23)15-8-6-7-14(11-15)17(25)27-5/h6-8,11,16,23H,9-10,12H2,1-5H3,(H,21,24). The third kappa shape index (κ3) is 4.02. The van der Waals surface area contributed by atoms with Crippen LogP contribution < -0.4 is 5.43 Å². The van der Waals surface area contributed by atoms with E-state index in [4.69, 9.17) is 9.47 Å². The summed E-state index contributed by atoms with van der Waals surface area (Å²) in [7, 11) is 1.28. The number of ether oxygens (including phenoxy) is 2. The minimum Gasteiger partial charge on any atom is -0.465 e. The van der Waals surface area contributed by atoms with Crippen LogP contribution in [0.2, 0.25) is 0 Å². The number of carbonyl (C=O) groups excluding carboxylic acids is 3. The van der Waals surface area contributed by atoms with Crippen molar-refractivity contribution in [2.45, 2.75) is 45.8 Å². The number of methoxy groups -OCH3 is 1. The molecule has 8 heteroatoms. The number of hydrazine groups is 1. The fourth-order valence-electron chi connectivity index (χ4n) is 3.43. The van der Waals surface area contributed by atoms with Gasteiger partial charge < -0.3 is 14.6 Å². The van der Waals surface area contributed by atoms with Crippen LogP contribution in [0.25, 0.3) is 0 Å². The number of carbonyl (C=O) groups is 3. The molecule has 2 rings (SSSR count). The van der Waals surface area contributed by atoms with Crippen LogP contribution in [-0.2, 0) is 24.6 Å². The number of hydrogen-bond donors (Lipinski definition) is 2. The van der Waals surface area contributed by atoms with Crippen LogP contribution in [0.4, 0.5) is 0 Å². The van der Waals surface area contributed by atoms with E-state index >= 15 is 0 Å². The Bertz CT molecular complexity index is 757. The first-order valence-electron chi connectivity index (χ1n) is 9.11. The first-order valence-corrected chi connectivity index (χ1v) is 9.11. The van der Waals surface area contributed by atoms with E-state index in [2.05, 4.69) is 5.43 Å². The summed E-state index contributed by atoms with van der Waals surface area (Å²) in [5.41, 5.74) is 1.52. The molecule has 0 bridgehead atoms. The minimum atomic E-state index is -1.17. The average molecular weight is 392 g/mol. The van der Waals surface area contributed by atoms with E-state index in [-0.39, 0.29) is 19.1 Å². The van der Waals surface area contributed by atoms with E-state index in [9.17, 15) is 19.5 Å². The summed E-state index contributed by atoms with van der Waals surface area (Å²) in [6.45, 7) is 6.45. The van der Waals surface area contributed by atoms with E-state index < -0.39 is 28.9 Å². The molecule has 1 saturated heterocycles. The van der Waals surface area contributed by atoms with Crippen LogP contribution in [0.3, 0.4) is 0 Å². The quantitative estimate of drug-likeness (QED) is 0.592. The van der Waals surface area contributed by atoms with Crippen molar-refractivity contribution in [3.63, 3.8) is 0 Å². The van der Waals surface area contributed by atoms with Gasteiger partial charge in [0, 0.05) is 25.4 Å². The molecular formula is C20H28N2O6. The number of rotatable bonds is 4. The van der Waals surface area contributed by atoms with Crippen molar-refractivity contribution in [2.24, 2.45) is 5.41 Å². The Morgan fingerprint density at radius 3 is 2.57 bits per heavy atom. The molecule has 1 aliphatic rings. The van der Waals surface area contributed by atoms with Crippen LogP contribution in [0.1, 0.15) is 50.0 Å². The first-order chi connectivity index (χ1) is 13.1. The van der Waals surface area contributed by atoms with Gasteiger partial charge in [0.1, 0.15) is 11.6 Å². The molecular weight excluding hydrogens is 364 g/mol. The Labute approximate surface area is 164 Å². The molecule has 1 aromatic carbocycles. The summed E-state index contributed by atoms with van der Waals surface area (Å²) in [6, 6.07) is 6.62. The largest absolute Gasteiger partial charge is 0.465 e. The molecule has 1 fully saturated rings. The predicted octanol–water partition coefficient (Wildman–Crippen LogP) is 1.38. The van der Waals surface area contributed by atoms with Gasteiger partial charge in [-0.05, 0) is 17.7 Å². The van der Waals surface area contributed by atoms with Crippen molar-refractivity contribution >= 4 is 17.8 Å². The third-order valence-electron chi connectivity index (χ3n) is 4.80. The Morgan fingerprint density at radius 1 is 1.36 bits per heavy atom. The molecule has 154 valence electrons. The zero-order valence-corrected chi connectivity index (χ0v) is 16.9.